The summed E-state index contributed by atoms with van der Waals surface area (Å²) in [6.45, 7) is 16.7. The van der Waals surface area contributed by atoms with Gasteiger partial charge in [0.05, 0.1) is 11.4 Å². The van der Waals surface area contributed by atoms with E-state index >= 15 is 0 Å². The summed E-state index contributed by atoms with van der Waals surface area (Å²) in [5.74, 6) is 0. The molecule has 12 aromatic rings. The third-order valence-electron chi connectivity index (χ3n) is 16.9. The van der Waals surface area contributed by atoms with E-state index in [4.69, 9.17) is 0 Å². The van der Waals surface area contributed by atoms with Crippen LogP contribution in [0.1, 0.15) is 56.9 Å². The van der Waals surface area contributed by atoms with Crippen molar-refractivity contribution in [1.82, 2.24) is 0 Å². The summed E-state index contributed by atoms with van der Waals surface area (Å²) in [6.07, 6.45) is 4.61. The highest BCUT2D eigenvalue weighted by Crippen LogP contribution is 2.60. The predicted molar refractivity (Wildman–Crippen MR) is 319 cm³/mol. The largest absolute Gasteiger partial charge is 0.309 e. The molecule has 0 atom stereocenters. The molecule has 74 heavy (non-hydrogen) atoms. The van der Waals surface area contributed by atoms with E-state index in [-0.39, 0.29) is 5.41 Å². The zero-order chi connectivity index (χ0) is 50.0. The standard InChI is InChI=1S/C73H55N/c1-7-65-62(40-45(2)67-53-26-12-14-28-55(53)68(56-29-15-13-27-54(56)67)50-38-36-46-22-8-10-24-48(46)41-50)73(5,6)64-44-52(43-63-71(64)74(65)66-35-21-20-34-61(66)72(63,3)4)70-59-32-18-16-30-57(59)69(58-31-17-19-33-60(58)70)51-39-37-47-23-9-11-25-49(47)42-51/h7-44H,1H2,2-6H3/b45-40+. The van der Waals surface area contributed by atoms with Crippen LogP contribution in [-0.2, 0) is 10.8 Å². The summed E-state index contributed by atoms with van der Waals surface area (Å²) in [5, 5.41) is 15.0. The van der Waals surface area contributed by atoms with E-state index in [9.17, 15) is 0 Å². The zero-order valence-corrected chi connectivity index (χ0v) is 42.6. The number of anilines is 2. The number of nitrogens with zero attached hydrogens (tertiary/aromatic N) is 1. The molecule has 1 heteroatoms. The minimum Gasteiger partial charge on any atom is -0.309 e. The second kappa shape index (κ2) is 16.4. The molecule has 0 saturated heterocycles. The minimum atomic E-state index is -0.447. The summed E-state index contributed by atoms with van der Waals surface area (Å²) in [4.78, 5) is 2.55. The lowest BCUT2D eigenvalue weighted by molar-refractivity contribution is 0.590. The Kier molecular flexibility index (Phi) is 9.72. The van der Waals surface area contributed by atoms with Crippen LogP contribution in [0.15, 0.2) is 248 Å². The van der Waals surface area contributed by atoms with Crippen LogP contribution in [0, 0.1) is 0 Å². The predicted octanol–water partition coefficient (Wildman–Crippen LogP) is 20.2. The van der Waals surface area contributed by atoms with Gasteiger partial charge in [-0.05, 0) is 175 Å². The molecule has 0 fully saturated rings. The van der Waals surface area contributed by atoms with Crippen molar-refractivity contribution in [1.29, 1.82) is 0 Å². The van der Waals surface area contributed by atoms with Gasteiger partial charge in [0.2, 0.25) is 0 Å². The minimum absolute atomic E-state index is 0.305. The lowest BCUT2D eigenvalue weighted by atomic mass is 9.65. The Morgan fingerprint density at radius 3 is 1.27 bits per heavy atom. The fourth-order valence-electron chi connectivity index (χ4n) is 13.3. The molecule has 0 aliphatic carbocycles. The van der Waals surface area contributed by atoms with Gasteiger partial charge in [-0.3, -0.25) is 0 Å². The van der Waals surface area contributed by atoms with Crippen molar-refractivity contribution in [3.8, 4) is 33.4 Å². The average molecular weight is 946 g/mol. The van der Waals surface area contributed by atoms with Gasteiger partial charge in [0, 0.05) is 16.5 Å². The van der Waals surface area contributed by atoms with E-state index < -0.39 is 5.41 Å². The van der Waals surface area contributed by atoms with E-state index in [0.717, 1.165) is 5.70 Å². The molecule has 352 valence electrons. The zero-order valence-electron chi connectivity index (χ0n) is 42.6. The molecule has 0 N–H and O–H groups in total. The van der Waals surface area contributed by atoms with Gasteiger partial charge in [0.25, 0.3) is 0 Å². The first-order valence-electron chi connectivity index (χ1n) is 26.1. The Labute approximate surface area is 433 Å². The molecule has 0 bridgehead atoms. The molecule has 2 aliphatic heterocycles. The number of para-hydroxylation sites is 1. The molecule has 0 amide bonds. The Hall–Kier alpha value is -8.78. The van der Waals surface area contributed by atoms with Gasteiger partial charge in [0.15, 0.2) is 0 Å². The van der Waals surface area contributed by atoms with Crippen LogP contribution in [0.2, 0.25) is 0 Å². The van der Waals surface area contributed by atoms with Gasteiger partial charge < -0.3 is 4.90 Å². The van der Waals surface area contributed by atoms with Crippen LogP contribution in [0.5, 0.6) is 0 Å². The second-order valence-corrected chi connectivity index (χ2v) is 21.7. The quantitative estimate of drug-likeness (QED) is 0.150. The number of rotatable bonds is 6. The summed E-state index contributed by atoms with van der Waals surface area (Å²) in [7, 11) is 0. The first kappa shape index (κ1) is 44.0. The van der Waals surface area contributed by atoms with E-state index in [1.165, 1.54) is 143 Å². The van der Waals surface area contributed by atoms with E-state index in [1.807, 2.05) is 0 Å². The number of allylic oxidation sites excluding steroid dienone is 4. The van der Waals surface area contributed by atoms with Crippen molar-refractivity contribution in [2.24, 2.45) is 0 Å². The van der Waals surface area contributed by atoms with Crippen LogP contribution in [0.3, 0.4) is 0 Å². The summed E-state index contributed by atoms with van der Waals surface area (Å²) < 4.78 is 0. The Balaban J connectivity index is 1.02. The monoisotopic (exact) mass is 945 g/mol. The normalized spacial score (nSPS) is 14.8. The van der Waals surface area contributed by atoms with Crippen molar-refractivity contribution in [2.45, 2.75) is 45.4 Å². The van der Waals surface area contributed by atoms with Crippen molar-refractivity contribution in [3.05, 3.63) is 271 Å². The lowest BCUT2D eigenvalue weighted by Gasteiger charge is -2.50. The van der Waals surface area contributed by atoms with Crippen LogP contribution in [-0.4, -0.2) is 0 Å². The smallest absolute Gasteiger partial charge is 0.0544 e. The molecule has 2 aliphatic rings. The molecule has 12 aromatic carbocycles. The van der Waals surface area contributed by atoms with E-state index in [1.54, 1.807) is 0 Å². The van der Waals surface area contributed by atoms with E-state index in [0.29, 0.717) is 0 Å². The fourth-order valence-corrected chi connectivity index (χ4v) is 13.3. The molecular weight excluding hydrogens is 891 g/mol. The average Bonchev–Trinajstić information content (AvgIpc) is 3.47. The molecular formula is C73H55N. The first-order valence-corrected chi connectivity index (χ1v) is 26.1. The fraction of sp³-hybridized carbons (Fsp3) is 0.0959. The number of hydrogen-bond donors (Lipinski definition) is 0. The van der Waals surface area contributed by atoms with Crippen molar-refractivity contribution in [3.63, 3.8) is 0 Å². The van der Waals surface area contributed by atoms with Gasteiger partial charge in [-0.25, -0.2) is 0 Å². The van der Waals surface area contributed by atoms with Gasteiger partial charge >= 0.3 is 0 Å². The van der Waals surface area contributed by atoms with Crippen molar-refractivity contribution < 1.29 is 0 Å². The molecule has 0 aromatic heterocycles. The Bertz CT molecular complexity index is 4340. The molecule has 2 heterocycles. The highest BCUT2D eigenvalue weighted by atomic mass is 15.2. The SMILES string of the molecule is C=CC1=C(/C=C(\C)c2c3ccccc3c(-c3ccc4ccccc4c3)c3ccccc23)C(C)(C)c2cc(-c3c4ccccc4c(-c4ccc5ccccc5c4)c4ccccc34)cc3c2N1c1ccccc1C3(C)C. The third-order valence-corrected chi connectivity index (χ3v) is 16.9. The Morgan fingerprint density at radius 1 is 0.392 bits per heavy atom. The Morgan fingerprint density at radius 2 is 0.784 bits per heavy atom. The molecule has 0 unspecified atom stereocenters. The summed E-state index contributed by atoms with van der Waals surface area (Å²) in [5.41, 5.74) is 18.0. The second-order valence-electron chi connectivity index (χ2n) is 21.7. The van der Waals surface area contributed by atoms with Crippen LogP contribution < -0.4 is 4.90 Å². The maximum Gasteiger partial charge on any atom is 0.0544 e. The van der Waals surface area contributed by atoms with Crippen molar-refractivity contribution >= 4 is 81.6 Å². The lowest BCUT2D eigenvalue weighted by Crippen LogP contribution is -2.40. The number of benzene rings is 12. The summed E-state index contributed by atoms with van der Waals surface area (Å²) in [6, 6.07) is 81.6. The van der Waals surface area contributed by atoms with Gasteiger partial charge in [-0.15, -0.1) is 0 Å². The number of fused-ring (bicyclic) bond motifs is 8. The van der Waals surface area contributed by atoms with Crippen LogP contribution in [0.25, 0.3) is 104 Å². The van der Waals surface area contributed by atoms with E-state index in [2.05, 4.69) is 277 Å². The first-order chi connectivity index (χ1) is 36.1. The van der Waals surface area contributed by atoms with Gasteiger partial charge in [-0.1, -0.05) is 228 Å². The van der Waals surface area contributed by atoms with Gasteiger partial charge in [0.1, 0.15) is 0 Å². The molecule has 0 spiro atoms. The topological polar surface area (TPSA) is 3.24 Å². The van der Waals surface area contributed by atoms with Gasteiger partial charge in [-0.2, -0.15) is 0 Å². The maximum absolute atomic E-state index is 4.64. The highest BCUT2D eigenvalue weighted by Gasteiger charge is 2.46. The van der Waals surface area contributed by atoms with Crippen LogP contribution in [0.4, 0.5) is 11.4 Å². The molecule has 1 nitrogen and oxygen atoms in total. The summed E-state index contributed by atoms with van der Waals surface area (Å²) >= 11 is 0. The third kappa shape index (κ3) is 6.36. The molecule has 14 rings (SSSR count). The van der Waals surface area contributed by atoms with Crippen molar-refractivity contribution in [2.75, 3.05) is 4.90 Å². The van der Waals surface area contributed by atoms with Crippen LogP contribution >= 0.6 is 0 Å². The molecule has 0 saturated carbocycles. The highest BCUT2D eigenvalue weighted by molar-refractivity contribution is 6.22. The maximum atomic E-state index is 4.64. The number of hydrogen-bond acceptors (Lipinski definition) is 1. The molecule has 0 radical (unpaired) electrons.